The van der Waals surface area contributed by atoms with Gasteiger partial charge < -0.3 is 14.3 Å². The van der Waals surface area contributed by atoms with Crippen molar-refractivity contribution in [1.82, 2.24) is 0 Å². The molecule has 1 heterocycles. The highest BCUT2D eigenvalue weighted by molar-refractivity contribution is 6.08. The normalized spacial score (nSPS) is 10.9. The van der Waals surface area contributed by atoms with Gasteiger partial charge in [0.15, 0.2) is 5.78 Å². The fourth-order valence-corrected chi connectivity index (χ4v) is 2.49. The lowest BCUT2D eigenvalue weighted by atomic mass is 10.1. The second kappa shape index (κ2) is 8.19. The van der Waals surface area contributed by atoms with Gasteiger partial charge in [0.1, 0.15) is 29.4 Å². The van der Waals surface area contributed by atoms with Crippen LogP contribution in [0.15, 0.2) is 76.0 Å². The van der Waals surface area contributed by atoms with Crippen molar-refractivity contribution < 1.29 is 19.1 Å². The maximum atomic E-state index is 12.2. The van der Waals surface area contributed by atoms with Crippen molar-refractivity contribution in [2.45, 2.75) is 13.5 Å². The van der Waals surface area contributed by atoms with Crippen molar-refractivity contribution in [2.75, 3.05) is 0 Å². The highest BCUT2D eigenvalue weighted by atomic mass is 16.5. The van der Waals surface area contributed by atoms with Crippen LogP contribution in [0.3, 0.4) is 0 Å². The lowest BCUT2D eigenvalue weighted by Crippen LogP contribution is -2.12. The summed E-state index contributed by atoms with van der Waals surface area (Å²) in [6.45, 7) is 1.99. The third kappa shape index (κ3) is 4.73. The lowest BCUT2D eigenvalue weighted by Gasteiger charge is -2.06. The van der Waals surface area contributed by atoms with Gasteiger partial charge in [-0.15, -0.1) is 0 Å². The van der Waals surface area contributed by atoms with Crippen LogP contribution in [0.4, 0.5) is 0 Å². The molecule has 5 heteroatoms. The Bertz CT molecular complexity index is 1010. The number of allylic oxidation sites excluding steroid dienone is 1. The average Bonchev–Trinajstić information content (AvgIpc) is 2.65. The van der Waals surface area contributed by atoms with E-state index in [-0.39, 0.29) is 17.1 Å². The van der Waals surface area contributed by atoms with E-state index in [0.717, 1.165) is 11.1 Å². The van der Waals surface area contributed by atoms with Crippen LogP contribution in [-0.4, -0.2) is 10.9 Å². The molecule has 0 aliphatic rings. The summed E-state index contributed by atoms with van der Waals surface area (Å²) in [5.74, 6) is -0.0583. The van der Waals surface area contributed by atoms with E-state index in [1.54, 1.807) is 30.3 Å². The van der Waals surface area contributed by atoms with E-state index in [1.165, 1.54) is 19.1 Å². The molecule has 0 bridgehead atoms. The number of hydrogen-bond acceptors (Lipinski definition) is 5. The van der Waals surface area contributed by atoms with Crippen LogP contribution in [0.5, 0.6) is 11.5 Å². The molecular formula is C22H18O5. The van der Waals surface area contributed by atoms with Crippen LogP contribution < -0.4 is 10.4 Å². The van der Waals surface area contributed by atoms with Crippen LogP contribution in [0, 0.1) is 6.92 Å². The molecule has 136 valence electrons. The maximum Gasteiger partial charge on any atom is 0.351 e. The van der Waals surface area contributed by atoms with Gasteiger partial charge in [-0.1, -0.05) is 48.5 Å². The van der Waals surface area contributed by atoms with Crippen LogP contribution in [0.1, 0.15) is 27.2 Å². The van der Waals surface area contributed by atoms with Crippen molar-refractivity contribution in [3.63, 3.8) is 0 Å². The summed E-state index contributed by atoms with van der Waals surface area (Å²) >= 11 is 0. The highest BCUT2D eigenvalue weighted by Crippen LogP contribution is 2.18. The lowest BCUT2D eigenvalue weighted by molar-refractivity contribution is 0.104. The minimum absolute atomic E-state index is 0.240. The fraction of sp³-hybridized carbons (Fsp3) is 0.0909. The number of benzene rings is 2. The van der Waals surface area contributed by atoms with Crippen molar-refractivity contribution in [3.05, 3.63) is 99.6 Å². The predicted molar refractivity (Wildman–Crippen MR) is 102 cm³/mol. The average molecular weight is 362 g/mol. The number of hydrogen-bond donors (Lipinski definition) is 1. The van der Waals surface area contributed by atoms with Gasteiger partial charge in [-0.2, -0.15) is 0 Å². The van der Waals surface area contributed by atoms with Crippen LogP contribution in [-0.2, 0) is 6.61 Å². The Morgan fingerprint density at radius 2 is 1.81 bits per heavy atom. The van der Waals surface area contributed by atoms with Crippen LogP contribution in [0.2, 0.25) is 0 Å². The zero-order chi connectivity index (χ0) is 19.2. The minimum Gasteiger partial charge on any atom is -0.507 e. The first-order chi connectivity index (χ1) is 13.0. The summed E-state index contributed by atoms with van der Waals surface area (Å²) in [4.78, 5) is 23.9. The molecule has 0 unspecified atom stereocenters. The van der Waals surface area contributed by atoms with E-state index < -0.39 is 11.4 Å². The molecule has 0 aliphatic carbocycles. The Hall–Kier alpha value is -3.60. The summed E-state index contributed by atoms with van der Waals surface area (Å²) in [7, 11) is 0. The molecule has 0 aliphatic heterocycles. The molecule has 0 radical (unpaired) electrons. The largest absolute Gasteiger partial charge is 0.507 e. The summed E-state index contributed by atoms with van der Waals surface area (Å²) in [6, 6.07) is 18.2. The Morgan fingerprint density at radius 1 is 1.11 bits per heavy atom. The third-order valence-corrected chi connectivity index (χ3v) is 3.86. The molecule has 3 rings (SSSR count). The zero-order valence-corrected chi connectivity index (χ0v) is 14.7. The number of carbonyl (C=O) groups excluding carboxylic acids is 1. The van der Waals surface area contributed by atoms with Gasteiger partial charge in [0, 0.05) is 6.07 Å². The highest BCUT2D eigenvalue weighted by Gasteiger charge is 2.15. The quantitative estimate of drug-likeness (QED) is 0.527. The predicted octanol–water partition coefficient (Wildman–Crippen LogP) is 4.13. The molecule has 1 aromatic heterocycles. The monoisotopic (exact) mass is 362 g/mol. The minimum atomic E-state index is -0.855. The number of aryl methyl sites for hydroxylation is 1. The van der Waals surface area contributed by atoms with Gasteiger partial charge in [0.05, 0.1) is 0 Å². The van der Waals surface area contributed by atoms with E-state index >= 15 is 0 Å². The Balaban J connectivity index is 1.66. The number of ketones is 1. The first kappa shape index (κ1) is 18.2. The number of aromatic hydroxyl groups is 1. The van der Waals surface area contributed by atoms with Gasteiger partial charge in [0.2, 0.25) is 0 Å². The molecule has 0 spiro atoms. The molecular weight excluding hydrogens is 344 g/mol. The van der Waals surface area contributed by atoms with Crippen LogP contribution in [0.25, 0.3) is 6.08 Å². The van der Waals surface area contributed by atoms with Crippen molar-refractivity contribution in [1.29, 1.82) is 0 Å². The first-order valence-electron chi connectivity index (χ1n) is 8.36. The summed E-state index contributed by atoms with van der Waals surface area (Å²) in [5.41, 5.74) is 0.599. The molecule has 0 atom stereocenters. The number of rotatable bonds is 6. The second-order valence-electron chi connectivity index (χ2n) is 5.95. The van der Waals surface area contributed by atoms with Gasteiger partial charge in [-0.05, 0) is 36.3 Å². The smallest absolute Gasteiger partial charge is 0.351 e. The van der Waals surface area contributed by atoms with E-state index in [1.807, 2.05) is 30.3 Å². The first-order valence-corrected chi connectivity index (χ1v) is 8.36. The fourth-order valence-electron chi connectivity index (χ4n) is 2.49. The maximum absolute atomic E-state index is 12.2. The summed E-state index contributed by atoms with van der Waals surface area (Å²) in [5, 5.41) is 9.80. The SMILES string of the molecule is Cc1cc(O)c(C(=O)/C=C/c2ccc(OCc3ccccc3)cc2)c(=O)o1. The van der Waals surface area contributed by atoms with Crippen molar-refractivity contribution in [2.24, 2.45) is 0 Å². The summed E-state index contributed by atoms with van der Waals surface area (Å²) < 4.78 is 10.6. The van der Waals surface area contributed by atoms with E-state index in [9.17, 15) is 14.7 Å². The third-order valence-electron chi connectivity index (χ3n) is 3.86. The molecule has 0 saturated heterocycles. The molecule has 1 N–H and O–H groups in total. The van der Waals surface area contributed by atoms with E-state index in [4.69, 9.17) is 9.15 Å². The van der Waals surface area contributed by atoms with Gasteiger partial charge in [0.25, 0.3) is 0 Å². The van der Waals surface area contributed by atoms with Gasteiger partial charge in [-0.3, -0.25) is 4.79 Å². The van der Waals surface area contributed by atoms with Gasteiger partial charge in [-0.25, -0.2) is 4.79 Å². The Kier molecular flexibility index (Phi) is 5.52. The zero-order valence-electron chi connectivity index (χ0n) is 14.7. The van der Waals surface area contributed by atoms with Crippen molar-refractivity contribution in [3.8, 4) is 11.5 Å². The van der Waals surface area contributed by atoms with Crippen LogP contribution >= 0.6 is 0 Å². The van der Waals surface area contributed by atoms with E-state index in [2.05, 4.69) is 0 Å². The Labute approximate surface area is 156 Å². The second-order valence-corrected chi connectivity index (χ2v) is 5.95. The van der Waals surface area contributed by atoms with Crippen molar-refractivity contribution >= 4 is 11.9 Å². The summed E-state index contributed by atoms with van der Waals surface area (Å²) in [6.07, 6.45) is 2.78. The molecule has 0 saturated carbocycles. The molecule has 3 aromatic rings. The van der Waals surface area contributed by atoms with E-state index in [0.29, 0.717) is 12.4 Å². The molecule has 2 aromatic carbocycles. The standard InChI is InChI=1S/C22H18O5/c1-15-13-20(24)21(22(25)27-15)19(23)12-9-16-7-10-18(11-8-16)26-14-17-5-3-2-4-6-17/h2-13,24H,14H2,1H3/b12-9+. The van der Waals surface area contributed by atoms with Gasteiger partial charge >= 0.3 is 5.63 Å². The topological polar surface area (TPSA) is 76.7 Å². The molecule has 5 nitrogen and oxygen atoms in total. The number of ether oxygens (including phenoxy) is 1. The molecule has 0 fully saturated rings. The molecule has 27 heavy (non-hydrogen) atoms. The number of carbonyl (C=O) groups is 1. The Morgan fingerprint density at radius 3 is 2.48 bits per heavy atom. The molecule has 0 amide bonds.